The van der Waals surface area contributed by atoms with Crippen LogP contribution < -0.4 is 9.93 Å². The van der Waals surface area contributed by atoms with Gasteiger partial charge in [-0.25, -0.2) is 4.58 Å². The summed E-state index contributed by atoms with van der Waals surface area (Å²) in [7, 11) is 0. The maximum Gasteiger partial charge on any atom is 0.203 e. The van der Waals surface area contributed by atoms with Crippen molar-refractivity contribution in [3.63, 3.8) is 0 Å². The van der Waals surface area contributed by atoms with Crippen LogP contribution in [-0.2, 0) is 0 Å². The second kappa shape index (κ2) is 7.04. The summed E-state index contributed by atoms with van der Waals surface area (Å²) in [6, 6.07) is 19.1. The van der Waals surface area contributed by atoms with Crippen LogP contribution in [0.4, 0.5) is 0 Å². The lowest BCUT2D eigenvalue weighted by Crippen LogP contribution is -2.29. The standard InChI is InChI=1S/C22H26NO/c1-5-23(6-2)18-12-13-19-20(16(3)4)15-21(24-22(19)14-18)17-10-8-7-9-11-17/h7-16H,5-6H2,1-4H3/q+1. The van der Waals surface area contributed by atoms with Gasteiger partial charge in [-0.05, 0) is 37.5 Å². The third-order valence-electron chi connectivity index (χ3n) is 4.59. The van der Waals surface area contributed by atoms with Crippen molar-refractivity contribution < 1.29 is 4.42 Å². The quantitative estimate of drug-likeness (QED) is 0.619. The normalized spacial score (nSPS) is 11.2. The van der Waals surface area contributed by atoms with E-state index in [0.29, 0.717) is 5.92 Å². The molecular weight excluding hydrogens is 294 g/mol. The molecule has 0 unspecified atom stereocenters. The summed E-state index contributed by atoms with van der Waals surface area (Å²) in [5.41, 5.74) is 3.66. The first-order chi connectivity index (χ1) is 11.6. The fourth-order valence-electron chi connectivity index (χ4n) is 3.21. The van der Waals surface area contributed by atoms with E-state index in [1.807, 2.05) is 6.07 Å². The van der Waals surface area contributed by atoms with Crippen molar-refractivity contribution in [2.75, 3.05) is 13.1 Å². The molecule has 0 saturated heterocycles. The van der Waals surface area contributed by atoms with E-state index in [1.54, 1.807) is 0 Å². The number of fused-ring (bicyclic) bond motifs is 1. The molecule has 124 valence electrons. The Morgan fingerprint density at radius 2 is 1.58 bits per heavy atom. The maximum absolute atomic E-state index is 6.29. The number of hydrogen-bond acceptors (Lipinski definition) is 1. The van der Waals surface area contributed by atoms with Gasteiger partial charge in [0.25, 0.3) is 0 Å². The lowest BCUT2D eigenvalue weighted by Gasteiger charge is -2.16. The summed E-state index contributed by atoms with van der Waals surface area (Å²) in [5, 5.41) is 1.22. The zero-order valence-electron chi connectivity index (χ0n) is 15.0. The Bertz CT molecular complexity index is 853. The number of hydrogen-bond donors (Lipinski definition) is 0. The fraction of sp³-hybridized carbons (Fsp3) is 0.318. The van der Waals surface area contributed by atoms with Gasteiger partial charge in [-0.2, -0.15) is 0 Å². The Morgan fingerprint density at radius 3 is 2.21 bits per heavy atom. The molecule has 1 aliphatic carbocycles. The van der Waals surface area contributed by atoms with E-state index < -0.39 is 0 Å². The Hall–Kier alpha value is -2.35. The molecule has 1 aromatic rings. The van der Waals surface area contributed by atoms with E-state index in [9.17, 15) is 0 Å². The van der Waals surface area contributed by atoms with Crippen LogP contribution in [0, 0.1) is 0 Å². The van der Waals surface area contributed by atoms with Gasteiger partial charge in [0, 0.05) is 17.2 Å². The van der Waals surface area contributed by atoms with Crippen LogP contribution in [-0.4, -0.2) is 13.1 Å². The van der Waals surface area contributed by atoms with Crippen molar-refractivity contribution in [3.8, 4) is 22.6 Å². The highest BCUT2D eigenvalue weighted by Crippen LogP contribution is 2.35. The summed E-state index contributed by atoms with van der Waals surface area (Å²) in [4.78, 5) is 0. The summed E-state index contributed by atoms with van der Waals surface area (Å²) in [5.74, 6) is 2.35. The topological polar surface area (TPSA) is 16.1 Å². The van der Waals surface area contributed by atoms with Crippen LogP contribution in [0.15, 0.2) is 59.0 Å². The Kier molecular flexibility index (Phi) is 4.84. The predicted molar refractivity (Wildman–Crippen MR) is 101 cm³/mol. The second-order valence-corrected chi connectivity index (χ2v) is 6.44. The number of rotatable bonds is 4. The van der Waals surface area contributed by atoms with E-state index in [-0.39, 0.29) is 0 Å². The van der Waals surface area contributed by atoms with Crippen molar-refractivity contribution in [1.82, 2.24) is 4.58 Å². The van der Waals surface area contributed by atoms with Gasteiger partial charge in [-0.1, -0.05) is 44.2 Å². The summed E-state index contributed by atoms with van der Waals surface area (Å²) < 4.78 is 8.64. The number of benzene rings is 2. The molecular formula is C22H26NO+. The lowest BCUT2D eigenvalue weighted by molar-refractivity contribution is 0.570. The zero-order valence-corrected chi connectivity index (χ0v) is 15.0. The molecule has 0 N–H and O–H groups in total. The third kappa shape index (κ3) is 3.14. The van der Waals surface area contributed by atoms with Gasteiger partial charge in [0.2, 0.25) is 5.36 Å². The molecule has 0 saturated carbocycles. The Morgan fingerprint density at radius 1 is 0.875 bits per heavy atom. The molecule has 1 aromatic carbocycles. The molecule has 0 atom stereocenters. The molecule has 2 nitrogen and oxygen atoms in total. The minimum absolute atomic E-state index is 0.450. The SMILES string of the molecule is CC[N+](CC)=c1ccc2c(C(C)C)cc(-c3ccccc3)oc-2c1. The zero-order chi connectivity index (χ0) is 17.1. The first kappa shape index (κ1) is 16.5. The van der Waals surface area contributed by atoms with Crippen molar-refractivity contribution >= 4 is 0 Å². The van der Waals surface area contributed by atoms with Crippen molar-refractivity contribution in [3.05, 3.63) is 65.5 Å². The average Bonchev–Trinajstić information content (AvgIpc) is 2.62. The van der Waals surface area contributed by atoms with Gasteiger partial charge in [-0.3, -0.25) is 0 Å². The van der Waals surface area contributed by atoms with Gasteiger partial charge >= 0.3 is 0 Å². The average molecular weight is 320 g/mol. The minimum atomic E-state index is 0.450. The van der Waals surface area contributed by atoms with E-state index in [4.69, 9.17) is 4.42 Å². The van der Waals surface area contributed by atoms with Gasteiger partial charge in [0.1, 0.15) is 24.6 Å². The highest BCUT2D eigenvalue weighted by Gasteiger charge is 2.17. The molecule has 3 rings (SSSR count). The van der Waals surface area contributed by atoms with Crippen molar-refractivity contribution in [1.29, 1.82) is 0 Å². The smallest absolute Gasteiger partial charge is 0.203 e. The molecule has 0 bridgehead atoms. The molecule has 1 aliphatic heterocycles. The monoisotopic (exact) mass is 320 g/mol. The van der Waals surface area contributed by atoms with E-state index in [1.165, 1.54) is 16.5 Å². The molecule has 24 heavy (non-hydrogen) atoms. The highest BCUT2D eigenvalue weighted by atomic mass is 16.3. The number of nitrogens with zero attached hydrogens (tertiary/aromatic N) is 1. The Labute approximate surface area is 144 Å². The predicted octanol–water partition coefficient (Wildman–Crippen LogP) is 4.99. The minimum Gasteiger partial charge on any atom is -0.456 e. The maximum atomic E-state index is 6.29. The van der Waals surface area contributed by atoms with Crippen LogP contribution in [0.25, 0.3) is 22.6 Å². The van der Waals surface area contributed by atoms with E-state index >= 15 is 0 Å². The van der Waals surface area contributed by atoms with E-state index in [0.717, 1.165) is 30.2 Å². The Balaban J connectivity index is 2.30. The van der Waals surface area contributed by atoms with Crippen molar-refractivity contribution in [2.45, 2.75) is 33.6 Å². The van der Waals surface area contributed by atoms with Crippen LogP contribution in [0.3, 0.4) is 0 Å². The molecule has 1 heterocycles. The molecule has 0 amide bonds. The van der Waals surface area contributed by atoms with Gasteiger partial charge < -0.3 is 4.42 Å². The molecule has 0 spiro atoms. The van der Waals surface area contributed by atoms with Gasteiger partial charge in [0.05, 0.1) is 6.07 Å². The molecule has 0 fully saturated rings. The first-order valence-corrected chi connectivity index (χ1v) is 8.85. The van der Waals surface area contributed by atoms with E-state index in [2.05, 4.69) is 80.8 Å². The summed E-state index contributed by atoms with van der Waals surface area (Å²) in [6.45, 7) is 10.8. The molecule has 0 aromatic heterocycles. The van der Waals surface area contributed by atoms with Gasteiger partial charge in [0.15, 0.2) is 0 Å². The highest BCUT2D eigenvalue weighted by molar-refractivity contribution is 5.69. The molecule has 2 heteroatoms. The van der Waals surface area contributed by atoms with Crippen LogP contribution in [0.1, 0.15) is 39.2 Å². The van der Waals surface area contributed by atoms with Gasteiger partial charge in [-0.15, -0.1) is 0 Å². The van der Waals surface area contributed by atoms with Crippen LogP contribution in [0.5, 0.6) is 0 Å². The molecule has 0 radical (unpaired) electrons. The lowest BCUT2D eigenvalue weighted by atomic mass is 9.94. The second-order valence-electron chi connectivity index (χ2n) is 6.44. The largest absolute Gasteiger partial charge is 0.456 e. The van der Waals surface area contributed by atoms with Crippen molar-refractivity contribution in [2.24, 2.45) is 0 Å². The fourth-order valence-corrected chi connectivity index (χ4v) is 3.21. The third-order valence-corrected chi connectivity index (χ3v) is 4.59. The summed E-state index contributed by atoms with van der Waals surface area (Å²) in [6.07, 6.45) is 0. The van der Waals surface area contributed by atoms with Crippen LogP contribution in [0.2, 0.25) is 0 Å². The van der Waals surface area contributed by atoms with Crippen LogP contribution >= 0.6 is 0 Å². The first-order valence-electron chi connectivity index (χ1n) is 8.85. The summed E-state index contributed by atoms with van der Waals surface area (Å²) >= 11 is 0. The molecule has 2 aliphatic rings.